The van der Waals surface area contributed by atoms with Crippen LogP contribution in [0.4, 0.5) is 24.9 Å². The maximum Gasteiger partial charge on any atom is 0.416 e. The maximum absolute atomic E-state index is 12.6. The van der Waals surface area contributed by atoms with Crippen LogP contribution >= 0.6 is 12.4 Å². The number of alkyl halides is 3. The normalized spacial score (nSPS) is 13.7. The Labute approximate surface area is 185 Å². The van der Waals surface area contributed by atoms with E-state index in [-0.39, 0.29) is 24.2 Å². The van der Waals surface area contributed by atoms with Gasteiger partial charge >= 0.3 is 6.18 Å². The van der Waals surface area contributed by atoms with Crippen molar-refractivity contribution in [3.8, 4) is 11.8 Å². The highest BCUT2D eigenvalue weighted by molar-refractivity contribution is 5.85. The molecule has 2 heterocycles. The van der Waals surface area contributed by atoms with Gasteiger partial charge < -0.3 is 20.9 Å². The number of aromatic nitrogens is 2. The highest BCUT2D eigenvalue weighted by atomic mass is 35.5. The largest absolute Gasteiger partial charge is 0.416 e. The van der Waals surface area contributed by atoms with Gasteiger partial charge in [-0.1, -0.05) is 24.0 Å². The summed E-state index contributed by atoms with van der Waals surface area (Å²) in [6.07, 6.45) is -4.36. The van der Waals surface area contributed by atoms with Gasteiger partial charge in [-0.15, -0.1) is 12.4 Å². The predicted molar refractivity (Wildman–Crippen MR) is 116 cm³/mol. The molecule has 3 rings (SSSR count). The van der Waals surface area contributed by atoms with Crippen molar-refractivity contribution in [2.45, 2.75) is 32.4 Å². The van der Waals surface area contributed by atoms with E-state index in [1.54, 1.807) is 6.92 Å². The molecule has 0 spiro atoms. The first-order chi connectivity index (χ1) is 14.0. The van der Waals surface area contributed by atoms with Crippen molar-refractivity contribution >= 4 is 24.2 Å². The molecule has 1 aliphatic rings. The molecule has 0 radical (unpaired) electrons. The number of hydrogen-bond acceptors (Lipinski definition) is 6. The fraction of sp³-hybridized carbons (Fsp3) is 0.429. The van der Waals surface area contributed by atoms with Crippen LogP contribution in [0.15, 0.2) is 24.3 Å². The van der Waals surface area contributed by atoms with Gasteiger partial charge in [-0.05, 0) is 38.5 Å². The third-order valence-electron chi connectivity index (χ3n) is 4.31. The van der Waals surface area contributed by atoms with Gasteiger partial charge in [0.15, 0.2) is 0 Å². The van der Waals surface area contributed by atoms with Crippen LogP contribution in [0.5, 0.6) is 0 Å². The minimum absolute atomic E-state index is 0. The Hall–Kier alpha value is -2.54. The van der Waals surface area contributed by atoms with Crippen molar-refractivity contribution in [2.75, 3.05) is 37.9 Å². The van der Waals surface area contributed by atoms with Gasteiger partial charge in [-0.3, -0.25) is 0 Å². The second kappa shape index (κ2) is 11.2. The lowest BCUT2D eigenvalue weighted by Gasteiger charge is -2.19. The van der Waals surface area contributed by atoms with Crippen LogP contribution in [-0.2, 0) is 21.1 Å². The lowest BCUT2D eigenvalue weighted by Crippen LogP contribution is -2.16. The molecule has 1 saturated heterocycles. The van der Waals surface area contributed by atoms with Crippen LogP contribution in [0.1, 0.15) is 36.2 Å². The molecule has 1 fully saturated rings. The van der Waals surface area contributed by atoms with Crippen LogP contribution in [-0.4, -0.2) is 36.4 Å². The number of nitrogens with zero attached hydrogens (tertiary/aromatic N) is 2. The van der Waals surface area contributed by atoms with E-state index in [9.17, 15) is 13.2 Å². The van der Waals surface area contributed by atoms with E-state index in [1.807, 2.05) is 13.8 Å². The Balaban J connectivity index is 0.000000591. The smallest absolute Gasteiger partial charge is 0.382 e. The Bertz CT molecular complexity index is 884. The summed E-state index contributed by atoms with van der Waals surface area (Å²) in [7, 11) is 0. The van der Waals surface area contributed by atoms with Crippen molar-refractivity contribution in [3.63, 3.8) is 0 Å². The molecule has 1 aliphatic heterocycles. The molecule has 1 aromatic heterocycles. The SMILES string of the molecule is C1COCCO1.Cc1nc(N)nc(N)c1C#CC(C)(C)c1ccc(C(F)(F)F)cc1.Cl. The molecular formula is C21H26ClF3N4O2. The third-order valence-corrected chi connectivity index (χ3v) is 4.31. The van der Waals surface area contributed by atoms with Crippen molar-refractivity contribution < 1.29 is 22.6 Å². The molecule has 10 heteroatoms. The fourth-order valence-electron chi connectivity index (χ4n) is 2.58. The Morgan fingerprint density at radius 2 is 1.39 bits per heavy atom. The molecule has 31 heavy (non-hydrogen) atoms. The van der Waals surface area contributed by atoms with Gasteiger partial charge in [0.1, 0.15) is 5.82 Å². The second-order valence-electron chi connectivity index (χ2n) is 7.10. The number of ether oxygens (including phenoxy) is 2. The summed E-state index contributed by atoms with van der Waals surface area (Å²) in [5, 5.41) is 0. The molecule has 0 saturated carbocycles. The van der Waals surface area contributed by atoms with E-state index in [0.717, 1.165) is 38.6 Å². The highest BCUT2D eigenvalue weighted by Crippen LogP contribution is 2.31. The quantitative estimate of drug-likeness (QED) is 0.632. The van der Waals surface area contributed by atoms with Crippen LogP contribution < -0.4 is 11.5 Å². The Morgan fingerprint density at radius 1 is 0.903 bits per heavy atom. The highest BCUT2D eigenvalue weighted by Gasteiger charge is 2.30. The summed E-state index contributed by atoms with van der Waals surface area (Å²) in [6, 6.07) is 4.94. The topological polar surface area (TPSA) is 96.3 Å². The number of benzene rings is 1. The summed E-state index contributed by atoms with van der Waals surface area (Å²) in [5.41, 5.74) is 11.6. The monoisotopic (exact) mass is 458 g/mol. The van der Waals surface area contributed by atoms with Crippen molar-refractivity contribution in [2.24, 2.45) is 0 Å². The molecule has 2 aromatic rings. The number of halogens is 4. The summed E-state index contributed by atoms with van der Waals surface area (Å²) >= 11 is 0. The molecule has 0 unspecified atom stereocenters. The van der Waals surface area contributed by atoms with Gasteiger partial charge in [0.25, 0.3) is 0 Å². The number of hydrogen-bond donors (Lipinski definition) is 2. The van der Waals surface area contributed by atoms with E-state index in [1.165, 1.54) is 12.1 Å². The second-order valence-corrected chi connectivity index (χ2v) is 7.10. The minimum Gasteiger partial charge on any atom is -0.382 e. The van der Waals surface area contributed by atoms with Crippen LogP contribution in [0, 0.1) is 18.8 Å². The minimum atomic E-state index is -4.36. The first kappa shape index (κ1) is 26.5. The average molecular weight is 459 g/mol. The van der Waals surface area contributed by atoms with Gasteiger partial charge in [-0.2, -0.15) is 18.2 Å². The summed E-state index contributed by atoms with van der Waals surface area (Å²) in [4.78, 5) is 7.87. The molecule has 170 valence electrons. The summed E-state index contributed by atoms with van der Waals surface area (Å²) in [6.45, 7) is 8.45. The average Bonchev–Trinajstić information content (AvgIpc) is 2.68. The van der Waals surface area contributed by atoms with Crippen molar-refractivity contribution in [3.05, 3.63) is 46.6 Å². The van der Waals surface area contributed by atoms with Gasteiger partial charge in [0.05, 0.1) is 48.7 Å². The standard InChI is InChI=1S/C17H17F3N4.C4H8O2.ClH/c1-10-13(14(21)24-15(22)23-10)8-9-16(2,3)11-4-6-12(7-5-11)17(18,19)20;1-2-6-4-3-5-1;/h4-7H,1-3H3,(H4,21,22,23,24);1-4H2;1H. The Kier molecular flexibility index (Phi) is 9.56. The number of aryl methyl sites for hydroxylation is 1. The fourth-order valence-corrected chi connectivity index (χ4v) is 2.58. The predicted octanol–water partition coefficient (Wildman–Crippen LogP) is 3.75. The number of anilines is 2. The number of nitrogens with two attached hydrogens (primary N) is 2. The zero-order valence-electron chi connectivity index (χ0n) is 17.5. The first-order valence-corrected chi connectivity index (χ1v) is 9.26. The van der Waals surface area contributed by atoms with Crippen LogP contribution in [0.25, 0.3) is 0 Å². The van der Waals surface area contributed by atoms with E-state index in [2.05, 4.69) is 21.8 Å². The zero-order chi connectivity index (χ0) is 22.4. The van der Waals surface area contributed by atoms with E-state index < -0.39 is 17.2 Å². The zero-order valence-corrected chi connectivity index (χ0v) is 18.4. The molecule has 1 aromatic carbocycles. The molecule has 0 bridgehead atoms. The lowest BCUT2D eigenvalue weighted by molar-refractivity contribution is -0.137. The van der Waals surface area contributed by atoms with Crippen molar-refractivity contribution in [1.82, 2.24) is 9.97 Å². The van der Waals surface area contributed by atoms with E-state index in [0.29, 0.717) is 16.8 Å². The van der Waals surface area contributed by atoms with E-state index in [4.69, 9.17) is 20.9 Å². The first-order valence-electron chi connectivity index (χ1n) is 9.26. The molecule has 4 N–H and O–H groups in total. The van der Waals surface area contributed by atoms with Crippen LogP contribution in [0.2, 0.25) is 0 Å². The third kappa shape index (κ3) is 7.90. The Morgan fingerprint density at radius 3 is 1.81 bits per heavy atom. The van der Waals surface area contributed by atoms with Crippen molar-refractivity contribution in [1.29, 1.82) is 0 Å². The van der Waals surface area contributed by atoms with E-state index >= 15 is 0 Å². The molecule has 6 nitrogen and oxygen atoms in total. The molecular weight excluding hydrogens is 433 g/mol. The van der Waals surface area contributed by atoms with Gasteiger partial charge in [0.2, 0.25) is 5.95 Å². The van der Waals surface area contributed by atoms with Gasteiger partial charge in [-0.25, -0.2) is 4.98 Å². The number of rotatable bonds is 1. The maximum atomic E-state index is 12.6. The molecule has 0 amide bonds. The van der Waals surface area contributed by atoms with Gasteiger partial charge in [0, 0.05) is 0 Å². The lowest BCUT2D eigenvalue weighted by atomic mass is 9.84. The summed E-state index contributed by atoms with van der Waals surface area (Å²) in [5.74, 6) is 6.18. The number of nitrogen functional groups attached to an aromatic ring is 2. The van der Waals surface area contributed by atoms with Crippen LogP contribution in [0.3, 0.4) is 0 Å². The molecule has 0 atom stereocenters. The molecule has 0 aliphatic carbocycles. The summed E-state index contributed by atoms with van der Waals surface area (Å²) < 4.78 is 47.8.